The summed E-state index contributed by atoms with van der Waals surface area (Å²) >= 11 is 2.29. The second-order valence-corrected chi connectivity index (χ2v) is 4.31. The highest BCUT2D eigenvalue weighted by molar-refractivity contribution is 14.1. The van der Waals surface area contributed by atoms with Crippen LogP contribution in [0.25, 0.3) is 10.9 Å². The average molecular weight is 317 g/mol. The number of H-pyrrole nitrogens is 1. The van der Waals surface area contributed by atoms with Crippen LogP contribution in [0.2, 0.25) is 0 Å². The summed E-state index contributed by atoms with van der Waals surface area (Å²) in [6, 6.07) is 8.31. The zero-order chi connectivity index (χ0) is 11.7. The summed E-state index contributed by atoms with van der Waals surface area (Å²) in [6.07, 6.45) is 2.03. The summed E-state index contributed by atoms with van der Waals surface area (Å²) in [5.41, 5.74) is 2.54. The third kappa shape index (κ3) is 4.69. The van der Waals surface area contributed by atoms with Crippen LogP contribution in [-0.2, 0) is 0 Å². The molecule has 1 aromatic carbocycles. The standard InChI is InChI=1S/C9H9N.C2H5I.C2H6/c1-7-6-10-9-5-3-2-4-8(7)9;1-2-3;1-2/h2-6,10H,1H3;2H2,1H3;1-2H3. The predicted molar refractivity (Wildman–Crippen MR) is 78.9 cm³/mol. The van der Waals surface area contributed by atoms with Crippen LogP contribution < -0.4 is 0 Å². The number of rotatable bonds is 0. The van der Waals surface area contributed by atoms with E-state index in [1.54, 1.807) is 0 Å². The van der Waals surface area contributed by atoms with E-state index in [0.29, 0.717) is 0 Å². The van der Waals surface area contributed by atoms with E-state index in [1.807, 2.05) is 26.1 Å². The Balaban J connectivity index is 0.000000342. The van der Waals surface area contributed by atoms with E-state index in [4.69, 9.17) is 0 Å². The summed E-state index contributed by atoms with van der Waals surface area (Å²) in [4.78, 5) is 3.19. The molecule has 0 radical (unpaired) electrons. The third-order valence-corrected chi connectivity index (χ3v) is 1.80. The van der Waals surface area contributed by atoms with Crippen LogP contribution in [0.3, 0.4) is 0 Å². The van der Waals surface area contributed by atoms with Gasteiger partial charge in [-0.05, 0) is 23.0 Å². The maximum atomic E-state index is 3.19. The Morgan fingerprint density at radius 3 is 2.27 bits per heavy atom. The minimum absolute atomic E-state index is 1.22. The molecule has 2 heteroatoms. The number of alkyl halides is 1. The fraction of sp³-hybridized carbons (Fsp3) is 0.385. The fourth-order valence-electron chi connectivity index (χ4n) is 1.22. The van der Waals surface area contributed by atoms with Gasteiger partial charge in [0.1, 0.15) is 0 Å². The van der Waals surface area contributed by atoms with Crippen LogP contribution in [0.5, 0.6) is 0 Å². The smallest absolute Gasteiger partial charge is 0.0456 e. The Hall–Kier alpha value is -0.510. The van der Waals surface area contributed by atoms with Gasteiger partial charge in [0.15, 0.2) is 0 Å². The molecule has 2 aromatic rings. The minimum Gasteiger partial charge on any atom is -0.361 e. The monoisotopic (exact) mass is 317 g/mol. The van der Waals surface area contributed by atoms with Crippen molar-refractivity contribution < 1.29 is 0 Å². The molecule has 1 aromatic heterocycles. The largest absolute Gasteiger partial charge is 0.361 e. The second-order valence-electron chi connectivity index (χ2n) is 2.78. The van der Waals surface area contributed by atoms with Crippen LogP contribution in [0.4, 0.5) is 0 Å². The molecule has 15 heavy (non-hydrogen) atoms. The molecule has 84 valence electrons. The van der Waals surface area contributed by atoms with Gasteiger partial charge in [0.2, 0.25) is 0 Å². The van der Waals surface area contributed by atoms with E-state index in [9.17, 15) is 0 Å². The van der Waals surface area contributed by atoms with E-state index < -0.39 is 0 Å². The van der Waals surface area contributed by atoms with Gasteiger partial charge in [0, 0.05) is 17.1 Å². The van der Waals surface area contributed by atoms with Gasteiger partial charge in [0.25, 0.3) is 0 Å². The molecule has 2 rings (SSSR count). The number of fused-ring (bicyclic) bond motifs is 1. The predicted octanol–water partition coefficient (Wildman–Crippen LogP) is 4.94. The molecule has 1 nitrogen and oxygen atoms in total. The van der Waals surface area contributed by atoms with Crippen molar-refractivity contribution in [3.63, 3.8) is 0 Å². The third-order valence-electron chi connectivity index (χ3n) is 1.80. The maximum Gasteiger partial charge on any atom is 0.0456 e. The lowest BCUT2D eigenvalue weighted by atomic mass is 10.2. The Morgan fingerprint density at radius 1 is 1.20 bits per heavy atom. The van der Waals surface area contributed by atoms with Crippen LogP contribution in [0.15, 0.2) is 30.5 Å². The van der Waals surface area contributed by atoms with E-state index in [2.05, 4.69) is 59.6 Å². The molecule has 0 atom stereocenters. The van der Waals surface area contributed by atoms with E-state index in [0.717, 1.165) is 0 Å². The number of halogens is 1. The lowest BCUT2D eigenvalue weighted by Crippen LogP contribution is -1.64. The number of aromatic nitrogens is 1. The molecule has 0 spiro atoms. The fourth-order valence-corrected chi connectivity index (χ4v) is 1.22. The van der Waals surface area contributed by atoms with Gasteiger partial charge in [-0.25, -0.2) is 0 Å². The van der Waals surface area contributed by atoms with Gasteiger partial charge >= 0.3 is 0 Å². The van der Waals surface area contributed by atoms with E-state index in [-0.39, 0.29) is 0 Å². The summed E-state index contributed by atoms with van der Waals surface area (Å²) in [6.45, 7) is 8.22. The first-order chi connectivity index (χ1) is 7.29. The molecule has 0 aliphatic rings. The summed E-state index contributed by atoms with van der Waals surface area (Å²) in [5.74, 6) is 0. The number of aromatic amines is 1. The molecule has 0 amide bonds. The lowest BCUT2D eigenvalue weighted by Gasteiger charge is -1.86. The Kier molecular flexibility index (Phi) is 8.47. The molecule has 0 fully saturated rings. The van der Waals surface area contributed by atoms with Crippen LogP contribution >= 0.6 is 22.6 Å². The highest BCUT2D eigenvalue weighted by Gasteiger charge is 1.94. The molecular formula is C13H20IN. The number of hydrogen-bond donors (Lipinski definition) is 1. The molecule has 0 saturated heterocycles. The average Bonchev–Trinajstić information content (AvgIpc) is 2.65. The highest BCUT2D eigenvalue weighted by atomic mass is 127. The van der Waals surface area contributed by atoms with E-state index in [1.165, 1.54) is 20.9 Å². The summed E-state index contributed by atoms with van der Waals surface area (Å²) in [5, 5.41) is 1.32. The van der Waals surface area contributed by atoms with Crippen LogP contribution in [0.1, 0.15) is 26.3 Å². The van der Waals surface area contributed by atoms with Crippen molar-refractivity contribution in [2.45, 2.75) is 27.7 Å². The number of hydrogen-bond acceptors (Lipinski definition) is 0. The van der Waals surface area contributed by atoms with Crippen molar-refractivity contribution in [2.24, 2.45) is 0 Å². The highest BCUT2D eigenvalue weighted by Crippen LogP contribution is 2.15. The molecule has 1 heterocycles. The molecular weight excluding hydrogens is 297 g/mol. The zero-order valence-corrected chi connectivity index (χ0v) is 12.1. The van der Waals surface area contributed by atoms with Gasteiger partial charge in [-0.15, -0.1) is 0 Å². The normalized spacial score (nSPS) is 8.60. The molecule has 0 unspecified atom stereocenters. The van der Waals surface area contributed by atoms with Gasteiger partial charge < -0.3 is 4.98 Å². The van der Waals surface area contributed by atoms with Crippen molar-refractivity contribution in [3.05, 3.63) is 36.0 Å². The Labute approximate surface area is 106 Å². The van der Waals surface area contributed by atoms with Crippen LogP contribution in [-0.4, -0.2) is 9.41 Å². The zero-order valence-electron chi connectivity index (χ0n) is 9.97. The Morgan fingerprint density at radius 2 is 1.73 bits per heavy atom. The topological polar surface area (TPSA) is 15.8 Å². The molecule has 0 aliphatic carbocycles. The number of para-hydroxylation sites is 1. The van der Waals surface area contributed by atoms with Crippen molar-refractivity contribution in [3.8, 4) is 0 Å². The van der Waals surface area contributed by atoms with E-state index >= 15 is 0 Å². The molecule has 0 bridgehead atoms. The Bertz CT molecular complexity index is 365. The first-order valence-electron chi connectivity index (χ1n) is 5.38. The maximum absolute atomic E-state index is 3.19. The lowest BCUT2D eigenvalue weighted by molar-refractivity contribution is 1.43. The second kappa shape index (κ2) is 8.77. The molecule has 0 saturated carbocycles. The summed E-state index contributed by atoms with van der Waals surface area (Å²) < 4.78 is 1.22. The van der Waals surface area contributed by atoms with Gasteiger partial charge in [-0.1, -0.05) is 61.6 Å². The number of benzene rings is 1. The number of aryl methyl sites for hydroxylation is 1. The molecule has 0 aliphatic heterocycles. The van der Waals surface area contributed by atoms with Crippen LogP contribution in [0, 0.1) is 6.92 Å². The quantitative estimate of drug-likeness (QED) is 0.523. The van der Waals surface area contributed by atoms with Gasteiger partial charge in [-0.3, -0.25) is 0 Å². The SMILES string of the molecule is CC.CCI.Cc1c[nH]c2ccccc12. The van der Waals surface area contributed by atoms with Crippen molar-refractivity contribution >= 4 is 33.5 Å². The first kappa shape index (κ1) is 14.5. The summed E-state index contributed by atoms with van der Waals surface area (Å²) in [7, 11) is 0. The number of nitrogens with one attached hydrogen (secondary N) is 1. The first-order valence-corrected chi connectivity index (χ1v) is 6.90. The van der Waals surface area contributed by atoms with Crippen molar-refractivity contribution in [1.29, 1.82) is 0 Å². The van der Waals surface area contributed by atoms with Crippen molar-refractivity contribution in [1.82, 2.24) is 4.98 Å². The van der Waals surface area contributed by atoms with Gasteiger partial charge in [0.05, 0.1) is 0 Å². The van der Waals surface area contributed by atoms with Crippen molar-refractivity contribution in [2.75, 3.05) is 4.43 Å². The van der Waals surface area contributed by atoms with Gasteiger partial charge in [-0.2, -0.15) is 0 Å². The minimum atomic E-state index is 1.22. The molecule has 1 N–H and O–H groups in total.